The van der Waals surface area contributed by atoms with Crippen LogP contribution in [0.3, 0.4) is 0 Å². The lowest BCUT2D eigenvalue weighted by molar-refractivity contribution is -0.274. The van der Waals surface area contributed by atoms with Crippen LogP contribution in [0.25, 0.3) is 0 Å². The van der Waals surface area contributed by atoms with Crippen molar-refractivity contribution in [1.29, 1.82) is 0 Å². The number of carbonyl (C=O) groups excluding carboxylic acids is 2. The van der Waals surface area contributed by atoms with Crippen molar-refractivity contribution in [1.82, 2.24) is 10.3 Å². The van der Waals surface area contributed by atoms with Gasteiger partial charge in [0.1, 0.15) is 11.4 Å². The number of alkyl halides is 3. The lowest BCUT2D eigenvalue weighted by atomic mass is 10.2. The fourth-order valence-electron chi connectivity index (χ4n) is 1.81. The molecule has 134 valence electrons. The minimum Gasteiger partial charge on any atom is -0.451 e. The summed E-state index contributed by atoms with van der Waals surface area (Å²) in [7, 11) is 0. The summed E-state index contributed by atoms with van der Waals surface area (Å²) in [5, 5.41) is 2.35. The lowest BCUT2D eigenvalue weighted by Gasteiger charge is -2.13. The molecule has 6 nitrogen and oxygen atoms in total. The van der Waals surface area contributed by atoms with Crippen LogP contribution in [0.5, 0.6) is 5.75 Å². The van der Waals surface area contributed by atoms with Gasteiger partial charge in [-0.25, -0.2) is 4.79 Å². The van der Waals surface area contributed by atoms with Gasteiger partial charge in [0.25, 0.3) is 5.91 Å². The fourth-order valence-corrected chi connectivity index (χ4v) is 2.16. The summed E-state index contributed by atoms with van der Waals surface area (Å²) in [4.78, 5) is 26.0. The molecule has 1 heterocycles. The van der Waals surface area contributed by atoms with E-state index in [9.17, 15) is 22.8 Å². The summed E-state index contributed by atoms with van der Waals surface area (Å²) in [6.45, 7) is -0.783. The molecule has 1 amide bonds. The average Bonchev–Trinajstić information content (AvgIpc) is 2.97. The van der Waals surface area contributed by atoms with Crippen LogP contribution in [0.4, 0.5) is 13.2 Å². The topological polar surface area (TPSA) is 80.4 Å². The van der Waals surface area contributed by atoms with Crippen LogP contribution in [0.1, 0.15) is 16.1 Å². The zero-order chi connectivity index (χ0) is 18.4. The molecule has 0 aliphatic heterocycles. The SMILES string of the molecule is O=C(COC(=O)c1cc(Br)c[nH]1)NCc1ccccc1OC(F)(F)F. The van der Waals surface area contributed by atoms with Crippen LogP contribution in [-0.2, 0) is 16.1 Å². The minimum atomic E-state index is -4.83. The van der Waals surface area contributed by atoms with Crippen LogP contribution in [0.15, 0.2) is 41.0 Å². The van der Waals surface area contributed by atoms with Gasteiger partial charge in [-0.1, -0.05) is 18.2 Å². The highest BCUT2D eigenvalue weighted by atomic mass is 79.9. The highest BCUT2D eigenvalue weighted by Crippen LogP contribution is 2.26. The van der Waals surface area contributed by atoms with Crippen LogP contribution in [-0.4, -0.2) is 29.8 Å². The van der Waals surface area contributed by atoms with Gasteiger partial charge in [0, 0.05) is 22.8 Å². The molecule has 0 bridgehead atoms. The maximum atomic E-state index is 12.3. The molecule has 0 aliphatic carbocycles. The predicted octanol–water partition coefficient (Wildman–Crippen LogP) is 3.15. The summed E-state index contributed by atoms with van der Waals surface area (Å²) < 4.78 is 46.3. The maximum Gasteiger partial charge on any atom is 0.573 e. The van der Waals surface area contributed by atoms with E-state index >= 15 is 0 Å². The van der Waals surface area contributed by atoms with Crippen LogP contribution >= 0.6 is 15.9 Å². The predicted molar refractivity (Wildman–Crippen MR) is 83.7 cm³/mol. The van der Waals surface area contributed by atoms with Crippen molar-refractivity contribution in [2.75, 3.05) is 6.61 Å². The van der Waals surface area contributed by atoms with Gasteiger partial charge in [0.2, 0.25) is 0 Å². The first-order chi connectivity index (χ1) is 11.7. The zero-order valence-electron chi connectivity index (χ0n) is 12.5. The van der Waals surface area contributed by atoms with Crippen molar-refractivity contribution in [2.24, 2.45) is 0 Å². The number of halogens is 4. The van der Waals surface area contributed by atoms with Gasteiger partial charge in [-0.3, -0.25) is 4.79 Å². The molecule has 0 fully saturated rings. The second kappa shape index (κ2) is 8.06. The third kappa shape index (κ3) is 6.14. The Bertz CT molecular complexity index is 761. The first-order valence-corrected chi connectivity index (χ1v) is 7.65. The Hall–Kier alpha value is -2.49. The molecule has 0 aliphatic rings. The first-order valence-electron chi connectivity index (χ1n) is 6.86. The van der Waals surface area contributed by atoms with E-state index in [0.29, 0.717) is 4.47 Å². The van der Waals surface area contributed by atoms with E-state index in [1.54, 1.807) is 0 Å². The van der Waals surface area contributed by atoms with Crippen molar-refractivity contribution >= 4 is 27.8 Å². The third-order valence-corrected chi connectivity index (χ3v) is 3.33. The summed E-state index contributed by atoms with van der Waals surface area (Å²) >= 11 is 3.15. The van der Waals surface area contributed by atoms with E-state index < -0.39 is 30.6 Å². The Morgan fingerprint density at radius 3 is 2.60 bits per heavy atom. The summed E-state index contributed by atoms with van der Waals surface area (Å²) in [5.74, 6) is -1.81. The highest BCUT2D eigenvalue weighted by Gasteiger charge is 2.32. The molecule has 2 N–H and O–H groups in total. The Morgan fingerprint density at radius 2 is 1.96 bits per heavy atom. The quantitative estimate of drug-likeness (QED) is 0.703. The number of hydrogen-bond donors (Lipinski definition) is 2. The number of rotatable bonds is 6. The number of amides is 1. The molecule has 0 atom stereocenters. The molecule has 0 saturated carbocycles. The Balaban J connectivity index is 1.85. The standard InChI is InChI=1S/C15H12BrF3N2O4/c16-10-5-11(20-7-10)14(23)24-8-13(22)21-6-9-3-1-2-4-12(9)25-15(17,18)19/h1-5,7,20H,6,8H2,(H,21,22). The van der Waals surface area contributed by atoms with Crippen LogP contribution in [0.2, 0.25) is 0 Å². The number of benzene rings is 1. The summed E-state index contributed by atoms with van der Waals surface area (Å²) in [6, 6.07) is 6.88. The van der Waals surface area contributed by atoms with E-state index in [4.69, 9.17) is 4.74 Å². The van der Waals surface area contributed by atoms with Crippen molar-refractivity contribution in [2.45, 2.75) is 12.9 Å². The van der Waals surface area contributed by atoms with Crippen molar-refractivity contribution in [3.63, 3.8) is 0 Å². The van der Waals surface area contributed by atoms with Gasteiger partial charge in [0.15, 0.2) is 6.61 Å². The molecular weight excluding hydrogens is 409 g/mol. The number of aromatic nitrogens is 1. The average molecular weight is 421 g/mol. The number of ether oxygens (including phenoxy) is 2. The smallest absolute Gasteiger partial charge is 0.451 e. The van der Waals surface area contributed by atoms with Gasteiger partial charge in [-0.05, 0) is 28.1 Å². The van der Waals surface area contributed by atoms with Crippen LogP contribution < -0.4 is 10.1 Å². The fraction of sp³-hybridized carbons (Fsp3) is 0.200. The van der Waals surface area contributed by atoms with E-state index in [2.05, 4.69) is 31.0 Å². The Kier molecular flexibility index (Phi) is 6.07. The van der Waals surface area contributed by atoms with Crippen molar-refractivity contribution in [3.8, 4) is 5.75 Å². The third-order valence-electron chi connectivity index (χ3n) is 2.88. The summed E-state index contributed by atoms with van der Waals surface area (Å²) in [5.41, 5.74) is 0.288. The van der Waals surface area contributed by atoms with E-state index in [1.807, 2.05) is 0 Å². The number of para-hydroxylation sites is 1. The molecule has 0 unspecified atom stereocenters. The van der Waals surface area contributed by atoms with Gasteiger partial charge in [-0.15, -0.1) is 13.2 Å². The molecule has 2 aromatic rings. The maximum absolute atomic E-state index is 12.3. The minimum absolute atomic E-state index is 0.132. The molecule has 10 heteroatoms. The van der Waals surface area contributed by atoms with E-state index in [0.717, 1.165) is 6.07 Å². The van der Waals surface area contributed by atoms with Crippen molar-refractivity contribution in [3.05, 3.63) is 52.3 Å². The lowest BCUT2D eigenvalue weighted by Crippen LogP contribution is -2.29. The van der Waals surface area contributed by atoms with Gasteiger partial charge in [-0.2, -0.15) is 0 Å². The normalized spacial score (nSPS) is 11.0. The van der Waals surface area contributed by atoms with Gasteiger partial charge in [0.05, 0.1) is 0 Å². The molecule has 25 heavy (non-hydrogen) atoms. The summed E-state index contributed by atoms with van der Waals surface area (Å²) in [6.07, 6.45) is -3.31. The molecule has 1 aromatic heterocycles. The Labute approximate surface area is 148 Å². The van der Waals surface area contributed by atoms with Crippen molar-refractivity contribution < 1.29 is 32.2 Å². The second-order valence-corrected chi connectivity index (χ2v) is 5.66. The largest absolute Gasteiger partial charge is 0.573 e. The number of hydrogen-bond acceptors (Lipinski definition) is 4. The molecular formula is C15H12BrF3N2O4. The number of carbonyl (C=O) groups is 2. The molecule has 1 aromatic carbocycles. The molecule has 0 saturated heterocycles. The first kappa shape index (κ1) is 18.8. The monoisotopic (exact) mass is 420 g/mol. The number of H-pyrrole nitrogens is 1. The van der Waals surface area contributed by atoms with E-state index in [-0.39, 0.29) is 17.8 Å². The number of aromatic amines is 1. The van der Waals surface area contributed by atoms with E-state index in [1.165, 1.54) is 30.5 Å². The number of nitrogens with one attached hydrogen (secondary N) is 2. The van der Waals surface area contributed by atoms with Crippen LogP contribution in [0, 0.1) is 0 Å². The second-order valence-electron chi connectivity index (χ2n) is 4.74. The zero-order valence-corrected chi connectivity index (χ0v) is 14.1. The highest BCUT2D eigenvalue weighted by molar-refractivity contribution is 9.10. The molecule has 0 spiro atoms. The Morgan fingerprint density at radius 1 is 1.24 bits per heavy atom. The number of esters is 1. The van der Waals surface area contributed by atoms with Gasteiger partial charge < -0.3 is 19.8 Å². The van der Waals surface area contributed by atoms with Gasteiger partial charge >= 0.3 is 12.3 Å². The molecule has 2 rings (SSSR count). The molecule has 0 radical (unpaired) electrons.